The van der Waals surface area contributed by atoms with E-state index < -0.39 is 11.0 Å². The molecule has 0 amide bonds. The van der Waals surface area contributed by atoms with E-state index in [1.807, 2.05) is 20.8 Å². The number of nitrogens with one attached hydrogen (secondary N) is 2. The second kappa shape index (κ2) is 5.10. The van der Waals surface area contributed by atoms with Crippen LogP contribution in [0.2, 0.25) is 0 Å². The number of hydrogen-bond donors (Lipinski definition) is 2. The maximum absolute atomic E-state index is 12.0. The summed E-state index contributed by atoms with van der Waals surface area (Å²) in [5.41, 5.74) is 0.979. The summed E-state index contributed by atoms with van der Waals surface area (Å²) in [4.78, 5) is 7.07. The standard InChI is InChI=1S/C11H21N3OS/c1-8(2)10(9-6-12-7-13-9)14-16(15)11(3,4)5/h6-8,10,14H,1-5H3,(H,12,13)/t10-,16?/m0/s1. The van der Waals surface area contributed by atoms with Crippen LogP contribution in [0.1, 0.15) is 46.4 Å². The van der Waals surface area contributed by atoms with Gasteiger partial charge in [-0.1, -0.05) is 13.8 Å². The molecule has 1 aromatic rings. The van der Waals surface area contributed by atoms with E-state index in [4.69, 9.17) is 0 Å². The molecule has 0 saturated carbocycles. The normalized spacial score (nSPS) is 16.4. The summed E-state index contributed by atoms with van der Waals surface area (Å²) < 4.78 is 14.9. The molecule has 1 unspecified atom stereocenters. The van der Waals surface area contributed by atoms with Crippen LogP contribution in [-0.2, 0) is 11.0 Å². The molecule has 5 heteroatoms. The lowest BCUT2D eigenvalue weighted by Gasteiger charge is -2.25. The molecular weight excluding hydrogens is 222 g/mol. The van der Waals surface area contributed by atoms with Gasteiger partial charge in [0.2, 0.25) is 0 Å². The average molecular weight is 243 g/mol. The highest BCUT2D eigenvalue weighted by Gasteiger charge is 2.25. The summed E-state index contributed by atoms with van der Waals surface area (Å²) in [7, 11) is -1.07. The predicted molar refractivity (Wildman–Crippen MR) is 67.2 cm³/mol. The van der Waals surface area contributed by atoms with Crippen LogP contribution in [0.4, 0.5) is 0 Å². The van der Waals surface area contributed by atoms with Crippen molar-refractivity contribution in [2.45, 2.75) is 45.4 Å². The van der Waals surface area contributed by atoms with Gasteiger partial charge >= 0.3 is 0 Å². The number of aromatic amines is 1. The van der Waals surface area contributed by atoms with Crippen molar-refractivity contribution in [1.82, 2.24) is 14.7 Å². The Hall–Kier alpha value is -0.680. The maximum atomic E-state index is 12.0. The quantitative estimate of drug-likeness (QED) is 0.851. The van der Waals surface area contributed by atoms with Crippen LogP contribution >= 0.6 is 0 Å². The van der Waals surface area contributed by atoms with Crippen LogP contribution < -0.4 is 4.72 Å². The smallest absolute Gasteiger partial charge is 0.0976 e. The van der Waals surface area contributed by atoms with Crippen molar-refractivity contribution >= 4 is 11.0 Å². The van der Waals surface area contributed by atoms with E-state index in [9.17, 15) is 4.21 Å². The Morgan fingerprint density at radius 2 is 2.06 bits per heavy atom. The summed E-state index contributed by atoms with van der Waals surface area (Å²) in [6, 6.07) is 0.0440. The second-order valence-electron chi connectivity index (χ2n) is 5.23. The number of nitrogens with zero attached hydrogens (tertiary/aromatic N) is 1. The zero-order valence-electron chi connectivity index (χ0n) is 10.6. The average Bonchev–Trinajstić information content (AvgIpc) is 2.63. The van der Waals surface area contributed by atoms with Crippen LogP contribution in [0, 0.1) is 5.92 Å². The Morgan fingerprint density at radius 3 is 2.44 bits per heavy atom. The second-order valence-corrected chi connectivity index (χ2v) is 7.23. The van der Waals surface area contributed by atoms with Crippen LogP contribution in [-0.4, -0.2) is 18.9 Å². The molecule has 2 atom stereocenters. The van der Waals surface area contributed by atoms with Gasteiger partial charge in [0.15, 0.2) is 0 Å². The first-order valence-corrected chi connectivity index (χ1v) is 6.63. The molecule has 0 spiro atoms. The van der Waals surface area contributed by atoms with Crippen molar-refractivity contribution in [3.63, 3.8) is 0 Å². The lowest BCUT2D eigenvalue weighted by atomic mass is 10.0. The summed E-state index contributed by atoms with van der Waals surface area (Å²) >= 11 is 0. The number of aromatic nitrogens is 2. The number of rotatable bonds is 4. The topological polar surface area (TPSA) is 57.8 Å². The first-order chi connectivity index (χ1) is 7.32. The minimum Gasteiger partial charge on any atom is -0.347 e. The highest BCUT2D eigenvalue weighted by molar-refractivity contribution is 7.84. The van der Waals surface area contributed by atoms with E-state index in [0.29, 0.717) is 5.92 Å². The molecule has 1 heterocycles. The van der Waals surface area contributed by atoms with Gasteiger partial charge < -0.3 is 4.98 Å². The fraction of sp³-hybridized carbons (Fsp3) is 0.727. The Labute approximate surface area is 99.8 Å². The SMILES string of the molecule is CC(C)[C@H](NS(=O)C(C)(C)C)c1cnc[nH]1. The van der Waals surface area contributed by atoms with Gasteiger partial charge in [-0.05, 0) is 26.7 Å². The highest BCUT2D eigenvalue weighted by atomic mass is 32.2. The molecule has 0 aromatic carbocycles. The van der Waals surface area contributed by atoms with Gasteiger partial charge in [0.1, 0.15) is 0 Å². The fourth-order valence-corrected chi connectivity index (χ4v) is 2.27. The molecule has 0 aliphatic heterocycles. The zero-order valence-corrected chi connectivity index (χ0v) is 11.4. The van der Waals surface area contributed by atoms with Crippen molar-refractivity contribution in [2.24, 2.45) is 5.92 Å². The van der Waals surface area contributed by atoms with E-state index in [-0.39, 0.29) is 10.8 Å². The molecule has 2 N–H and O–H groups in total. The first-order valence-electron chi connectivity index (χ1n) is 5.48. The van der Waals surface area contributed by atoms with Gasteiger partial charge in [-0.15, -0.1) is 0 Å². The van der Waals surface area contributed by atoms with Gasteiger partial charge in [-0.25, -0.2) is 13.9 Å². The van der Waals surface area contributed by atoms with Gasteiger partial charge in [0.25, 0.3) is 0 Å². The zero-order chi connectivity index (χ0) is 12.3. The molecule has 0 saturated heterocycles. The Bertz CT molecular complexity index is 341. The van der Waals surface area contributed by atoms with Gasteiger partial charge in [0.05, 0.1) is 33.8 Å². The largest absolute Gasteiger partial charge is 0.347 e. The van der Waals surface area contributed by atoms with Gasteiger partial charge in [-0.3, -0.25) is 0 Å². The van der Waals surface area contributed by atoms with Crippen LogP contribution in [0.3, 0.4) is 0 Å². The molecule has 16 heavy (non-hydrogen) atoms. The van der Waals surface area contributed by atoms with Crippen LogP contribution in [0.25, 0.3) is 0 Å². The lowest BCUT2D eigenvalue weighted by Crippen LogP contribution is -2.37. The minimum atomic E-state index is -1.07. The van der Waals surface area contributed by atoms with Gasteiger partial charge in [0, 0.05) is 6.20 Å². The third-order valence-corrected chi connectivity index (χ3v) is 3.89. The van der Waals surface area contributed by atoms with E-state index in [2.05, 4.69) is 28.5 Å². The molecule has 1 aromatic heterocycles. The van der Waals surface area contributed by atoms with Crippen LogP contribution in [0.15, 0.2) is 12.5 Å². The van der Waals surface area contributed by atoms with E-state index >= 15 is 0 Å². The van der Waals surface area contributed by atoms with Crippen molar-refractivity contribution in [3.05, 3.63) is 18.2 Å². The Morgan fingerprint density at radius 1 is 1.44 bits per heavy atom. The summed E-state index contributed by atoms with van der Waals surface area (Å²) in [6.07, 6.45) is 3.42. The van der Waals surface area contributed by atoms with Crippen molar-refractivity contribution < 1.29 is 4.21 Å². The Kier molecular flexibility index (Phi) is 4.27. The molecule has 0 radical (unpaired) electrons. The first kappa shape index (κ1) is 13.4. The van der Waals surface area contributed by atoms with Crippen molar-refractivity contribution in [1.29, 1.82) is 0 Å². The fourth-order valence-electron chi connectivity index (χ4n) is 1.29. The van der Waals surface area contributed by atoms with E-state index in [0.717, 1.165) is 5.69 Å². The third-order valence-electron chi connectivity index (χ3n) is 2.31. The molecule has 4 nitrogen and oxygen atoms in total. The van der Waals surface area contributed by atoms with Crippen LogP contribution in [0.5, 0.6) is 0 Å². The number of hydrogen-bond acceptors (Lipinski definition) is 2. The summed E-state index contributed by atoms with van der Waals surface area (Å²) in [5.74, 6) is 0.353. The maximum Gasteiger partial charge on any atom is 0.0976 e. The molecular formula is C11H21N3OS. The van der Waals surface area contributed by atoms with E-state index in [1.54, 1.807) is 12.5 Å². The molecule has 0 fully saturated rings. The number of imidazole rings is 1. The molecule has 0 bridgehead atoms. The minimum absolute atomic E-state index is 0.0440. The summed E-state index contributed by atoms with van der Waals surface area (Å²) in [6.45, 7) is 10.1. The molecule has 0 aliphatic carbocycles. The highest BCUT2D eigenvalue weighted by Crippen LogP contribution is 2.22. The predicted octanol–water partition coefficient (Wildman–Crippen LogP) is 2.16. The third kappa shape index (κ3) is 3.42. The van der Waals surface area contributed by atoms with E-state index in [1.165, 1.54) is 0 Å². The Balaban J connectivity index is 2.78. The molecule has 1 rings (SSSR count). The molecule has 0 aliphatic rings. The molecule has 92 valence electrons. The summed E-state index contributed by atoms with van der Waals surface area (Å²) in [5, 5.41) is 0. The monoisotopic (exact) mass is 243 g/mol. The lowest BCUT2D eigenvalue weighted by molar-refractivity contribution is 0.465. The number of H-pyrrole nitrogens is 1. The van der Waals surface area contributed by atoms with Crippen molar-refractivity contribution in [3.8, 4) is 0 Å². The van der Waals surface area contributed by atoms with Gasteiger partial charge in [-0.2, -0.15) is 0 Å². The van der Waals surface area contributed by atoms with Crippen molar-refractivity contribution in [2.75, 3.05) is 0 Å².